The van der Waals surface area contributed by atoms with Crippen LogP contribution in [0.2, 0.25) is 0 Å². The van der Waals surface area contributed by atoms with E-state index in [1.807, 2.05) is 12.1 Å². The van der Waals surface area contributed by atoms with Gasteiger partial charge in [0.05, 0.1) is 7.11 Å². The number of piperidine rings is 1. The highest BCUT2D eigenvalue weighted by molar-refractivity contribution is 5.39. The van der Waals surface area contributed by atoms with Gasteiger partial charge in [0.25, 0.3) is 0 Å². The van der Waals surface area contributed by atoms with Crippen molar-refractivity contribution in [3.63, 3.8) is 0 Å². The number of methoxy groups -OCH3 is 1. The van der Waals surface area contributed by atoms with Crippen LogP contribution in [0.5, 0.6) is 11.5 Å². The summed E-state index contributed by atoms with van der Waals surface area (Å²) in [7, 11) is 1.63. The number of benzene rings is 1. The van der Waals surface area contributed by atoms with Crippen LogP contribution in [0.25, 0.3) is 0 Å². The molecule has 1 aromatic carbocycles. The minimum Gasteiger partial charge on any atom is -0.507 e. The maximum Gasteiger partial charge on any atom is 0.123 e. The molecule has 0 amide bonds. The van der Waals surface area contributed by atoms with E-state index in [1.54, 1.807) is 13.2 Å². The van der Waals surface area contributed by atoms with E-state index in [2.05, 4.69) is 4.90 Å². The van der Waals surface area contributed by atoms with Gasteiger partial charge in [0.2, 0.25) is 0 Å². The Bertz CT molecular complexity index is 458. The van der Waals surface area contributed by atoms with Gasteiger partial charge < -0.3 is 9.84 Å². The lowest BCUT2D eigenvalue weighted by Crippen LogP contribution is -2.46. The molecule has 3 heteroatoms. The number of likely N-dealkylation sites (tertiary alicyclic amines) is 1. The molecular weight excluding hydrogens is 250 g/mol. The van der Waals surface area contributed by atoms with Crippen molar-refractivity contribution in [2.45, 2.75) is 51.1 Å². The van der Waals surface area contributed by atoms with Gasteiger partial charge in [-0.15, -0.1) is 0 Å². The largest absolute Gasteiger partial charge is 0.507 e. The Morgan fingerprint density at radius 3 is 2.80 bits per heavy atom. The highest BCUT2D eigenvalue weighted by Gasteiger charge is 2.33. The second kappa shape index (κ2) is 6.04. The summed E-state index contributed by atoms with van der Waals surface area (Å²) in [4.78, 5) is 2.59. The van der Waals surface area contributed by atoms with E-state index in [-0.39, 0.29) is 0 Å². The SMILES string of the molecule is COc1ccc(CN2CCC[C@H]3CCCC[C@H]32)c(O)c1. The molecule has 0 spiro atoms. The van der Waals surface area contributed by atoms with Gasteiger partial charge in [-0.25, -0.2) is 0 Å². The van der Waals surface area contributed by atoms with Gasteiger partial charge in [-0.3, -0.25) is 4.90 Å². The molecule has 3 rings (SSSR count). The van der Waals surface area contributed by atoms with E-state index in [0.29, 0.717) is 5.75 Å². The van der Waals surface area contributed by atoms with Crippen LogP contribution in [-0.4, -0.2) is 29.7 Å². The third kappa shape index (κ3) is 2.78. The molecule has 1 aromatic rings. The maximum atomic E-state index is 10.1. The number of nitrogens with zero attached hydrogens (tertiary/aromatic N) is 1. The smallest absolute Gasteiger partial charge is 0.123 e. The molecule has 110 valence electrons. The lowest BCUT2D eigenvalue weighted by Gasteiger charge is -2.44. The number of rotatable bonds is 3. The van der Waals surface area contributed by atoms with Gasteiger partial charge in [0.15, 0.2) is 0 Å². The van der Waals surface area contributed by atoms with Gasteiger partial charge in [-0.1, -0.05) is 18.9 Å². The van der Waals surface area contributed by atoms with Crippen LogP contribution in [0.15, 0.2) is 18.2 Å². The van der Waals surface area contributed by atoms with Gasteiger partial charge >= 0.3 is 0 Å². The Labute approximate surface area is 121 Å². The van der Waals surface area contributed by atoms with Crippen molar-refractivity contribution in [2.75, 3.05) is 13.7 Å². The van der Waals surface area contributed by atoms with Crippen LogP contribution in [0.3, 0.4) is 0 Å². The quantitative estimate of drug-likeness (QED) is 0.915. The topological polar surface area (TPSA) is 32.7 Å². The van der Waals surface area contributed by atoms with Crippen molar-refractivity contribution in [1.82, 2.24) is 4.90 Å². The fourth-order valence-corrected chi connectivity index (χ4v) is 3.95. The highest BCUT2D eigenvalue weighted by Crippen LogP contribution is 2.36. The van der Waals surface area contributed by atoms with E-state index >= 15 is 0 Å². The van der Waals surface area contributed by atoms with Gasteiger partial charge in [-0.2, -0.15) is 0 Å². The normalized spacial score (nSPS) is 27.1. The van der Waals surface area contributed by atoms with Crippen LogP contribution >= 0.6 is 0 Å². The van der Waals surface area contributed by atoms with Crippen molar-refractivity contribution in [2.24, 2.45) is 5.92 Å². The zero-order valence-electron chi connectivity index (χ0n) is 12.3. The zero-order chi connectivity index (χ0) is 13.9. The second-order valence-electron chi connectivity index (χ2n) is 6.22. The molecule has 1 heterocycles. The minimum absolute atomic E-state index is 0.363. The van der Waals surface area contributed by atoms with Crippen LogP contribution in [-0.2, 0) is 6.54 Å². The number of phenols is 1. The number of ether oxygens (including phenoxy) is 1. The molecule has 1 saturated heterocycles. The Balaban J connectivity index is 1.72. The van der Waals surface area contributed by atoms with Crippen molar-refractivity contribution in [3.05, 3.63) is 23.8 Å². The second-order valence-corrected chi connectivity index (χ2v) is 6.22. The molecule has 0 aromatic heterocycles. The third-order valence-corrected chi connectivity index (χ3v) is 5.02. The van der Waals surface area contributed by atoms with Crippen LogP contribution in [0.4, 0.5) is 0 Å². The first-order valence-electron chi connectivity index (χ1n) is 7.88. The summed E-state index contributed by atoms with van der Waals surface area (Å²) < 4.78 is 5.15. The van der Waals surface area contributed by atoms with Crippen LogP contribution < -0.4 is 4.74 Å². The fraction of sp³-hybridized carbons (Fsp3) is 0.647. The Morgan fingerprint density at radius 2 is 2.00 bits per heavy atom. The Hall–Kier alpha value is -1.22. The average Bonchev–Trinajstić information content (AvgIpc) is 2.49. The predicted octanol–water partition coefficient (Wildman–Crippen LogP) is 3.56. The predicted molar refractivity (Wildman–Crippen MR) is 80.0 cm³/mol. The monoisotopic (exact) mass is 275 g/mol. The Kier molecular flexibility index (Phi) is 4.16. The number of fused-ring (bicyclic) bond motifs is 1. The first-order chi connectivity index (χ1) is 9.78. The number of aromatic hydroxyl groups is 1. The van der Waals surface area contributed by atoms with Gasteiger partial charge in [-0.05, 0) is 44.2 Å². The summed E-state index contributed by atoms with van der Waals surface area (Å²) in [6, 6.07) is 6.40. The summed E-state index contributed by atoms with van der Waals surface area (Å²) in [6.45, 7) is 2.05. The summed E-state index contributed by atoms with van der Waals surface area (Å²) >= 11 is 0. The molecular formula is C17H25NO2. The molecule has 3 nitrogen and oxygen atoms in total. The molecule has 0 radical (unpaired) electrons. The average molecular weight is 275 g/mol. The van der Waals surface area contributed by atoms with Crippen LogP contribution in [0.1, 0.15) is 44.1 Å². The standard InChI is InChI=1S/C17H25NO2/c1-20-15-9-8-14(17(19)11-15)12-18-10-4-6-13-5-2-3-7-16(13)18/h8-9,11,13,16,19H,2-7,10,12H2,1H3/t13-,16-/m1/s1. The molecule has 1 N–H and O–H groups in total. The zero-order valence-corrected chi connectivity index (χ0v) is 12.3. The molecule has 1 aliphatic heterocycles. The molecule has 1 aliphatic carbocycles. The van der Waals surface area contributed by atoms with E-state index in [1.165, 1.54) is 45.1 Å². The first kappa shape index (κ1) is 13.7. The van der Waals surface area contributed by atoms with Crippen molar-refractivity contribution < 1.29 is 9.84 Å². The number of hydrogen-bond acceptors (Lipinski definition) is 3. The lowest BCUT2D eigenvalue weighted by atomic mass is 9.78. The number of phenolic OH excluding ortho intramolecular Hbond substituents is 1. The van der Waals surface area contributed by atoms with Crippen molar-refractivity contribution in [1.29, 1.82) is 0 Å². The molecule has 2 aliphatic rings. The van der Waals surface area contributed by atoms with Crippen molar-refractivity contribution >= 4 is 0 Å². The fourth-order valence-electron chi connectivity index (χ4n) is 3.95. The van der Waals surface area contributed by atoms with Crippen LogP contribution in [0, 0.1) is 5.92 Å². The molecule has 2 fully saturated rings. The maximum absolute atomic E-state index is 10.1. The third-order valence-electron chi connectivity index (χ3n) is 5.02. The van der Waals surface area contributed by atoms with E-state index < -0.39 is 0 Å². The van der Waals surface area contributed by atoms with E-state index in [9.17, 15) is 5.11 Å². The van der Waals surface area contributed by atoms with E-state index in [0.717, 1.165) is 29.8 Å². The molecule has 1 saturated carbocycles. The van der Waals surface area contributed by atoms with Crippen molar-refractivity contribution in [3.8, 4) is 11.5 Å². The highest BCUT2D eigenvalue weighted by atomic mass is 16.5. The summed E-state index contributed by atoms with van der Waals surface area (Å²) in [5.74, 6) is 1.97. The van der Waals surface area contributed by atoms with Gasteiger partial charge in [0.1, 0.15) is 11.5 Å². The molecule has 20 heavy (non-hydrogen) atoms. The molecule has 0 bridgehead atoms. The van der Waals surface area contributed by atoms with Gasteiger partial charge in [0, 0.05) is 24.2 Å². The van der Waals surface area contributed by atoms with E-state index in [4.69, 9.17) is 4.74 Å². The first-order valence-corrected chi connectivity index (χ1v) is 7.88. The Morgan fingerprint density at radius 1 is 1.20 bits per heavy atom. The summed E-state index contributed by atoms with van der Waals surface area (Å²) in [5, 5.41) is 10.1. The number of hydrogen-bond donors (Lipinski definition) is 1. The summed E-state index contributed by atoms with van der Waals surface area (Å²) in [6.07, 6.45) is 8.21. The lowest BCUT2D eigenvalue weighted by molar-refractivity contribution is 0.0541. The minimum atomic E-state index is 0.363. The molecule has 0 unspecified atom stereocenters. The summed E-state index contributed by atoms with van der Waals surface area (Å²) in [5.41, 5.74) is 1.03. The molecule has 2 atom stereocenters.